The molecule has 4 nitrogen and oxygen atoms in total. The fraction of sp³-hybridized carbons (Fsp3) is 0.400. The van der Waals surface area contributed by atoms with Gasteiger partial charge in [-0.1, -0.05) is 55.3 Å². The highest BCUT2D eigenvalue weighted by atomic mass is 16.5. The molecule has 1 N–H and O–H groups in total. The number of likely N-dealkylation sites (tertiary alicyclic amines) is 1. The first-order chi connectivity index (χ1) is 14.1. The molecule has 1 aliphatic carbocycles. The first-order valence-electron chi connectivity index (χ1n) is 10.5. The van der Waals surface area contributed by atoms with Crippen molar-refractivity contribution in [2.24, 2.45) is 5.92 Å². The smallest absolute Gasteiger partial charge is 0.247 e. The zero-order chi connectivity index (χ0) is 20.3. The van der Waals surface area contributed by atoms with Crippen molar-refractivity contribution in [2.75, 3.05) is 13.7 Å². The van der Waals surface area contributed by atoms with Crippen LogP contribution in [0.15, 0.2) is 60.7 Å². The Bertz CT molecular complexity index is 861. The van der Waals surface area contributed by atoms with E-state index in [4.69, 9.17) is 4.74 Å². The second kappa shape index (κ2) is 8.42. The lowest BCUT2D eigenvalue weighted by Crippen LogP contribution is -2.56. The van der Waals surface area contributed by atoms with Gasteiger partial charge in [-0.25, -0.2) is 0 Å². The van der Waals surface area contributed by atoms with Crippen molar-refractivity contribution in [1.29, 1.82) is 0 Å². The van der Waals surface area contributed by atoms with Crippen LogP contribution >= 0.6 is 0 Å². The highest BCUT2D eigenvalue weighted by Crippen LogP contribution is 2.49. The minimum absolute atomic E-state index is 0.00212. The van der Waals surface area contributed by atoms with E-state index < -0.39 is 5.60 Å². The van der Waals surface area contributed by atoms with E-state index in [0.717, 1.165) is 42.6 Å². The number of aliphatic hydroxyl groups is 1. The van der Waals surface area contributed by atoms with Gasteiger partial charge in [-0.2, -0.15) is 0 Å². The van der Waals surface area contributed by atoms with Gasteiger partial charge in [0.25, 0.3) is 0 Å². The van der Waals surface area contributed by atoms with Crippen molar-refractivity contribution in [1.82, 2.24) is 4.90 Å². The normalized spacial score (nSPS) is 26.9. The van der Waals surface area contributed by atoms with Gasteiger partial charge in [0.05, 0.1) is 18.8 Å². The first-order valence-corrected chi connectivity index (χ1v) is 10.5. The van der Waals surface area contributed by atoms with Gasteiger partial charge in [0.1, 0.15) is 5.75 Å². The Morgan fingerprint density at radius 3 is 2.59 bits per heavy atom. The molecule has 4 rings (SSSR count). The summed E-state index contributed by atoms with van der Waals surface area (Å²) in [6.45, 7) is 0.571. The summed E-state index contributed by atoms with van der Waals surface area (Å²) < 4.78 is 5.30. The Labute approximate surface area is 172 Å². The molecule has 2 aromatic rings. The number of nitrogens with zero attached hydrogens (tertiary/aromatic N) is 1. The van der Waals surface area contributed by atoms with E-state index in [1.54, 1.807) is 13.2 Å². The van der Waals surface area contributed by atoms with Crippen molar-refractivity contribution >= 4 is 12.0 Å². The van der Waals surface area contributed by atoms with Gasteiger partial charge in [-0.05, 0) is 48.6 Å². The molecule has 1 aliphatic heterocycles. The fourth-order valence-electron chi connectivity index (χ4n) is 4.97. The van der Waals surface area contributed by atoms with E-state index >= 15 is 0 Å². The van der Waals surface area contributed by atoms with Gasteiger partial charge in [0.15, 0.2) is 0 Å². The molecule has 2 aromatic carbocycles. The number of hydrogen-bond acceptors (Lipinski definition) is 3. The molecule has 0 radical (unpaired) electrons. The molecular weight excluding hydrogens is 362 g/mol. The third kappa shape index (κ3) is 4.08. The lowest BCUT2D eigenvalue weighted by molar-refractivity contribution is -0.150. The van der Waals surface area contributed by atoms with Crippen molar-refractivity contribution < 1.29 is 14.6 Å². The van der Waals surface area contributed by atoms with Gasteiger partial charge in [0, 0.05) is 18.5 Å². The number of hydrogen-bond donors (Lipinski definition) is 1. The molecule has 0 unspecified atom stereocenters. The number of rotatable bonds is 4. The third-order valence-electron chi connectivity index (χ3n) is 6.53. The van der Waals surface area contributed by atoms with Crippen molar-refractivity contribution in [3.8, 4) is 5.75 Å². The molecule has 1 saturated carbocycles. The zero-order valence-electron chi connectivity index (χ0n) is 17.0. The average molecular weight is 392 g/mol. The molecule has 29 heavy (non-hydrogen) atoms. The molecule has 152 valence electrons. The second-order valence-electron chi connectivity index (χ2n) is 8.20. The second-order valence-corrected chi connectivity index (χ2v) is 8.20. The van der Waals surface area contributed by atoms with Crippen LogP contribution in [-0.4, -0.2) is 35.2 Å². The number of fused-ring (bicyclic) bond motifs is 1. The van der Waals surface area contributed by atoms with Crippen LogP contribution < -0.4 is 4.74 Å². The summed E-state index contributed by atoms with van der Waals surface area (Å²) in [6.07, 6.45) is 8.11. The quantitative estimate of drug-likeness (QED) is 0.775. The van der Waals surface area contributed by atoms with Crippen LogP contribution in [0.4, 0.5) is 0 Å². The summed E-state index contributed by atoms with van der Waals surface area (Å²) in [7, 11) is 1.65. The summed E-state index contributed by atoms with van der Waals surface area (Å²) in [5.41, 5.74) is 1.40. The van der Waals surface area contributed by atoms with Crippen molar-refractivity contribution in [2.45, 2.75) is 43.7 Å². The molecule has 0 bridgehead atoms. The lowest BCUT2D eigenvalue weighted by atomic mass is 9.66. The summed E-state index contributed by atoms with van der Waals surface area (Å²) in [5.74, 6) is 0.861. The van der Waals surface area contributed by atoms with E-state index in [0.29, 0.717) is 13.0 Å². The highest BCUT2D eigenvalue weighted by Gasteiger charge is 2.49. The number of benzene rings is 2. The Morgan fingerprint density at radius 1 is 1.10 bits per heavy atom. The van der Waals surface area contributed by atoms with Gasteiger partial charge < -0.3 is 14.7 Å². The van der Waals surface area contributed by atoms with Crippen LogP contribution in [0, 0.1) is 5.92 Å². The van der Waals surface area contributed by atoms with E-state index in [2.05, 4.69) is 0 Å². The molecule has 2 fully saturated rings. The highest BCUT2D eigenvalue weighted by molar-refractivity contribution is 5.92. The standard InChI is InChI=1S/C25H29NO3/c1-29-21-13-11-20(12-14-21)24-22-9-5-6-16-25(22,28)17-18-26(24)23(27)15-10-19-7-3-2-4-8-19/h2-4,7-8,10-15,22,24,28H,5-6,9,16-18H2,1H3/t22-,24-,25+/m1/s1. The topological polar surface area (TPSA) is 49.8 Å². The van der Waals surface area contributed by atoms with Crippen LogP contribution in [0.3, 0.4) is 0 Å². The number of carbonyl (C=O) groups is 1. The predicted molar refractivity (Wildman–Crippen MR) is 114 cm³/mol. The minimum Gasteiger partial charge on any atom is -0.497 e. The number of piperidine rings is 1. The zero-order valence-corrected chi connectivity index (χ0v) is 17.0. The maximum atomic E-state index is 13.2. The summed E-state index contributed by atoms with van der Waals surface area (Å²) in [6, 6.07) is 17.7. The Hall–Kier alpha value is -2.59. The van der Waals surface area contributed by atoms with E-state index in [1.165, 1.54) is 0 Å². The maximum absolute atomic E-state index is 13.2. The Kier molecular flexibility index (Phi) is 5.72. The monoisotopic (exact) mass is 391 g/mol. The van der Waals surface area contributed by atoms with Gasteiger partial charge in [-0.15, -0.1) is 0 Å². The van der Waals surface area contributed by atoms with Crippen molar-refractivity contribution in [3.05, 3.63) is 71.8 Å². The first kappa shape index (κ1) is 19.7. The fourth-order valence-corrected chi connectivity index (χ4v) is 4.97. The van der Waals surface area contributed by atoms with Crippen LogP contribution in [0.5, 0.6) is 5.75 Å². The Balaban J connectivity index is 1.65. The number of ether oxygens (including phenoxy) is 1. The van der Waals surface area contributed by atoms with E-state index in [1.807, 2.05) is 65.6 Å². The molecule has 2 aliphatic rings. The van der Waals surface area contributed by atoms with Crippen molar-refractivity contribution in [3.63, 3.8) is 0 Å². The summed E-state index contributed by atoms with van der Waals surface area (Å²) in [4.78, 5) is 15.1. The molecule has 4 heteroatoms. The summed E-state index contributed by atoms with van der Waals surface area (Å²) >= 11 is 0. The van der Waals surface area contributed by atoms with Crippen LogP contribution in [0.2, 0.25) is 0 Å². The molecule has 1 amide bonds. The van der Waals surface area contributed by atoms with Gasteiger partial charge >= 0.3 is 0 Å². The van der Waals surface area contributed by atoms with Crippen LogP contribution in [-0.2, 0) is 4.79 Å². The predicted octanol–water partition coefficient (Wildman–Crippen LogP) is 4.60. The molecule has 1 heterocycles. The van der Waals surface area contributed by atoms with Crippen LogP contribution in [0.25, 0.3) is 6.08 Å². The van der Waals surface area contributed by atoms with E-state index in [9.17, 15) is 9.90 Å². The molecule has 0 spiro atoms. The SMILES string of the molecule is COc1ccc([C@@H]2[C@H]3CCCC[C@]3(O)CCN2C(=O)C=Cc2ccccc2)cc1. The molecule has 3 atom stereocenters. The number of methoxy groups -OCH3 is 1. The minimum atomic E-state index is -0.678. The number of carbonyl (C=O) groups excluding carboxylic acids is 1. The lowest BCUT2D eigenvalue weighted by Gasteiger charge is -2.52. The molecule has 0 aromatic heterocycles. The van der Waals surface area contributed by atoms with Gasteiger partial charge in [-0.3, -0.25) is 4.79 Å². The average Bonchev–Trinajstić information content (AvgIpc) is 2.77. The maximum Gasteiger partial charge on any atom is 0.247 e. The number of amides is 1. The van der Waals surface area contributed by atoms with Crippen LogP contribution in [0.1, 0.15) is 49.3 Å². The molecular formula is C25H29NO3. The summed E-state index contributed by atoms with van der Waals surface area (Å²) in [5, 5.41) is 11.4. The van der Waals surface area contributed by atoms with Gasteiger partial charge in [0.2, 0.25) is 5.91 Å². The van der Waals surface area contributed by atoms with E-state index in [-0.39, 0.29) is 17.9 Å². The molecule has 1 saturated heterocycles. The Morgan fingerprint density at radius 2 is 1.86 bits per heavy atom. The third-order valence-corrected chi connectivity index (χ3v) is 6.53. The largest absolute Gasteiger partial charge is 0.497 e.